The van der Waals surface area contributed by atoms with Crippen LogP contribution in [-0.2, 0) is 10.0 Å². The van der Waals surface area contributed by atoms with E-state index in [4.69, 9.17) is 6.85 Å². The predicted octanol–water partition coefficient (Wildman–Crippen LogP) is 2.04. The summed E-state index contributed by atoms with van der Waals surface area (Å²) in [6, 6.07) is -2.04. The molecule has 0 spiro atoms. The summed E-state index contributed by atoms with van der Waals surface area (Å²) in [6.45, 7) is -2.79. The van der Waals surface area contributed by atoms with Gasteiger partial charge in [-0.2, -0.15) is 4.98 Å². The van der Waals surface area contributed by atoms with Gasteiger partial charge in [0.15, 0.2) is 0 Å². The maximum absolute atomic E-state index is 14.0. The molecule has 2 aromatic heterocycles. The zero-order valence-corrected chi connectivity index (χ0v) is 18.1. The van der Waals surface area contributed by atoms with Crippen molar-refractivity contribution in [3.8, 4) is 0 Å². The highest BCUT2D eigenvalue weighted by Crippen LogP contribution is 2.39. The molecule has 2 aromatic rings. The average molecular weight is 477 g/mol. The van der Waals surface area contributed by atoms with Gasteiger partial charge in [-0.25, -0.2) is 26.5 Å². The lowest BCUT2D eigenvalue weighted by Gasteiger charge is -2.31. The van der Waals surface area contributed by atoms with Crippen LogP contribution in [0.5, 0.6) is 0 Å². The van der Waals surface area contributed by atoms with Crippen molar-refractivity contribution in [2.24, 2.45) is 0 Å². The Kier molecular flexibility index (Phi) is 4.49. The van der Waals surface area contributed by atoms with Gasteiger partial charge < -0.3 is 10.4 Å². The first-order chi connectivity index (χ1) is 16.9. The fraction of sp³-hybridized carbons (Fsp3) is 0.650. The van der Waals surface area contributed by atoms with E-state index >= 15 is 0 Å². The number of halogens is 2. The van der Waals surface area contributed by atoms with Gasteiger partial charge in [-0.05, 0) is 45.0 Å². The molecule has 2 aliphatic rings. The third-order valence-electron chi connectivity index (χ3n) is 5.96. The fourth-order valence-corrected chi connectivity index (χ4v) is 5.13. The summed E-state index contributed by atoms with van der Waals surface area (Å²) in [5.74, 6) is -0.163. The van der Waals surface area contributed by atoms with E-state index in [1.165, 1.54) is 4.31 Å². The Morgan fingerprint density at radius 1 is 1.41 bits per heavy atom. The molecule has 1 saturated carbocycles. The monoisotopic (exact) mass is 476 g/mol. The molecule has 1 aliphatic heterocycles. The van der Waals surface area contributed by atoms with Crippen molar-refractivity contribution in [2.75, 3.05) is 24.7 Å². The number of sulfonamides is 1. The van der Waals surface area contributed by atoms with Gasteiger partial charge >= 0.3 is 0 Å². The van der Waals surface area contributed by atoms with Gasteiger partial charge in [0.2, 0.25) is 16.0 Å². The molecule has 2 atom stereocenters. The maximum atomic E-state index is 14.0. The Labute approximate surface area is 191 Å². The summed E-state index contributed by atoms with van der Waals surface area (Å²) in [5, 5.41) is 13.8. The Morgan fingerprint density at radius 2 is 2.12 bits per heavy atom. The number of piperidine rings is 1. The first-order valence-electron chi connectivity index (χ1n) is 12.6. The molecule has 12 heteroatoms. The molecular weight excluding hydrogens is 444 g/mol. The van der Waals surface area contributed by atoms with Crippen LogP contribution in [0.3, 0.4) is 0 Å². The Bertz CT molecular complexity index is 1380. The zero-order chi connectivity index (χ0) is 27.6. The molecule has 4 rings (SSSR count). The average Bonchev–Trinajstić information content (AvgIpc) is 3.14. The SMILES string of the molecule is [2H]C1(Nc2ncc3cc(C([2H])(F)F)c(=O)n([C@@H]4CCC[C@]4(O)C([2H])([2H])[2H])c3n2)CCN(S(C)(=O)=O)CC1. The molecule has 9 nitrogen and oxygen atoms in total. The van der Waals surface area contributed by atoms with Crippen molar-refractivity contribution in [2.45, 2.75) is 63.0 Å². The smallest absolute Gasteiger partial charge is 0.269 e. The van der Waals surface area contributed by atoms with Crippen LogP contribution < -0.4 is 10.9 Å². The first-order valence-corrected chi connectivity index (χ1v) is 12.0. The van der Waals surface area contributed by atoms with E-state index in [1.54, 1.807) is 0 Å². The minimum Gasteiger partial charge on any atom is -0.388 e. The molecule has 0 radical (unpaired) electrons. The van der Waals surface area contributed by atoms with Crippen molar-refractivity contribution >= 4 is 27.0 Å². The topological polar surface area (TPSA) is 117 Å². The number of hydrogen-bond donors (Lipinski definition) is 2. The second kappa shape index (κ2) is 8.31. The van der Waals surface area contributed by atoms with Gasteiger partial charge in [-0.15, -0.1) is 0 Å². The van der Waals surface area contributed by atoms with E-state index < -0.39 is 52.1 Å². The molecule has 3 heterocycles. The quantitative estimate of drug-likeness (QED) is 0.678. The Balaban J connectivity index is 1.81. The molecule has 32 heavy (non-hydrogen) atoms. The molecule has 0 unspecified atom stereocenters. The summed E-state index contributed by atoms with van der Waals surface area (Å²) in [4.78, 5) is 21.5. The number of rotatable bonds is 5. The summed E-state index contributed by atoms with van der Waals surface area (Å²) in [6.07, 6.45) is -1.97. The summed E-state index contributed by atoms with van der Waals surface area (Å²) in [5.41, 5.74) is -5.20. The van der Waals surface area contributed by atoms with Crippen molar-refractivity contribution in [1.82, 2.24) is 18.8 Å². The number of anilines is 1. The minimum absolute atomic E-state index is 0.00655. The fourth-order valence-electron chi connectivity index (χ4n) is 4.29. The largest absolute Gasteiger partial charge is 0.388 e. The molecule has 176 valence electrons. The number of aliphatic hydroxyl groups is 1. The van der Waals surface area contributed by atoms with E-state index in [9.17, 15) is 27.1 Å². The van der Waals surface area contributed by atoms with Crippen LogP contribution in [0.25, 0.3) is 11.0 Å². The summed E-state index contributed by atoms with van der Waals surface area (Å²) < 4.78 is 92.9. The third-order valence-corrected chi connectivity index (χ3v) is 7.26. The summed E-state index contributed by atoms with van der Waals surface area (Å²) in [7, 11) is -3.43. The molecule has 2 N–H and O–H groups in total. The van der Waals surface area contributed by atoms with Gasteiger partial charge in [0.25, 0.3) is 12.0 Å². The molecule has 0 bridgehead atoms. The van der Waals surface area contributed by atoms with Gasteiger partial charge in [0.05, 0.1) is 24.8 Å². The van der Waals surface area contributed by atoms with Crippen LogP contribution in [0.4, 0.5) is 14.7 Å². The third kappa shape index (κ3) is 4.35. The lowest BCUT2D eigenvalue weighted by atomic mass is 9.99. The molecule has 0 amide bonds. The van der Waals surface area contributed by atoms with Gasteiger partial charge in [0, 0.05) is 34.8 Å². The van der Waals surface area contributed by atoms with E-state index in [1.807, 2.05) is 0 Å². The Hall–Kier alpha value is -2.18. The lowest BCUT2D eigenvalue weighted by Crippen LogP contribution is -2.42. The lowest BCUT2D eigenvalue weighted by molar-refractivity contribution is 0.0261. The molecule has 0 aromatic carbocycles. The van der Waals surface area contributed by atoms with Gasteiger partial charge in [-0.3, -0.25) is 9.36 Å². The van der Waals surface area contributed by atoms with Crippen molar-refractivity contribution in [3.05, 3.63) is 28.2 Å². The molecule has 2 fully saturated rings. The van der Waals surface area contributed by atoms with Crippen molar-refractivity contribution in [1.29, 1.82) is 0 Å². The molecular formula is C20H27F2N5O4S. The minimum atomic E-state index is -4.31. The number of nitrogens with one attached hydrogen (secondary N) is 1. The second-order valence-corrected chi connectivity index (χ2v) is 10.2. The zero-order valence-electron chi connectivity index (χ0n) is 22.3. The van der Waals surface area contributed by atoms with E-state index in [-0.39, 0.29) is 62.2 Å². The number of aromatic nitrogens is 3. The van der Waals surface area contributed by atoms with Gasteiger partial charge in [0.1, 0.15) is 7.02 Å². The number of alkyl halides is 2. The van der Waals surface area contributed by atoms with E-state index in [0.29, 0.717) is 4.57 Å². The Morgan fingerprint density at radius 3 is 2.75 bits per heavy atom. The van der Waals surface area contributed by atoms with Crippen LogP contribution >= 0.6 is 0 Å². The van der Waals surface area contributed by atoms with Crippen LogP contribution in [0.15, 0.2) is 17.1 Å². The van der Waals surface area contributed by atoms with Crippen LogP contribution in [0, 0.1) is 0 Å². The highest BCUT2D eigenvalue weighted by atomic mass is 32.2. The van der Waals surface area contributed by atoms with Crippen LogP contribution in [0.1, 0.15) is 63.8 Å². The number of fused-ring (bicyclic) bond motifs is 1. The number of nitrogens with zero attached hydrogens (tertiary/aromatic N) is 4. The van der Waals surface area contributed by atoms with Crippen LogP contribution in [0.2, 0.25) is 0 Å². The molecule has 1 aliphatic carbocycles. The summed E-state index contributed by atoms with van der Waals surface area (Å²) >= 11 is 0. The first kappa shape index (κ1) is 17.3. The van der Waals surface area contributed by atoms with Crippen molar-refractivity contribution < 1.29 is 29.2 Å². The number of pyridine rings is 1. The standard InChI is InChI=1S/C20H27F2N5O4S/c1-20(29)7-3-4-15(20)27-17-12(10-14(16(21)22)18(27)28)11-23-19(25-17)24-13-5-8-26(9-6-13)32(2,30)31/h10-11,13,15-16,29H,3-9H2,1-2H3,(H,23,24,25)/t15-,20-/m1/s1/i1D3,13D,16D. The highest BCUT2D eigenvalue weighted by molar-refractivity contribution is 7.88. The second-order valence-electron chi connectivity index (χ2n) is 8.19. The maximum Gasteiger partial charge on any atom is 0.269 e. The molecule has 1 saturated heterocycles. The highest BCUT2D eigenvalue weighted by Gasteiger charge is 2.40. The van der Waals surface area contributed by atoms with Crippen LogP contribution in [-0.4, -0.2) is 63.3 Å². The van der Waals surface area contributed by atoms with Crippen molar-refractivity contribution in [3.63, 3.8) is 0 Å². The van der Waals surface area contributed by atoms with E-state index in [2.05, 4.69) is 15.3 Å². The van der Waals surface area contributed by atoms with Gasteiger partial charge in [-0.1, -0.05) is 0 Å². The normalized spacial score (nSPS) is 29.6. The predicted molar refractivity (Wildman–Crippen MR) is 115 cm³/mol. The van der Waals surface area contributed by atoms with E-state index in [0.717, 1.165) is 18.5 Å². The number of hydrogen-bond acceptors (Lipinski definition) is 7.